The quantitative estimate of drug-likeness (QED) is 0.141. The van der Waals surface area contributed by atoms with Gasteiger partial charge in [0.15, 0.2) is 0 Å². The topological polar surface area (TPSA) is 0 Å². The first-order valence-corrected chi connectivity index (χ1v) is 13.8. The maximum atomic E-state index is 15.5. The summed E-state index contributed by atoms with van der Waals surface area (Å²) in [5.41, 5.74) is -2.27. The Bertz CT molecular complexity index is 1320. The van der Waals surface area contributed by atoms with Crippen LogP contribution in [0, 0.1) is 46.5 Å². The zero-order chi connectivity index (χ0) is 23.7. The van der Waals surface area contributed by atoms with Gasteiger partial charge in [-0.15, -0.1) is 0 Å². The first-order valence-electron chi connectivity index (χ1n) is 9.58. The number of rotatable bonds is 2. The Morgan fingerprint density at radius 3 is 1.00 bits per heavy atom. The normalized spacial score (nSPS) is 13.7. The average molecular weight is 523 g/mol. The van der Waals surface area contributed by atoms with E-state index >= 15 is 17.6 Å². The molecule has 0 saturated carbocycles. The fourth-order valence-corrected chi connectivity index (χ4v) is 15.6. The molecule has 33 heavy (non-hydrogen) atoms. The van der Waals surface area contributed by atoms with Crippen LogP contribution < -0.4 is 17.6 Å². The summed E-state index contributed by atoms with van der Waals surface area (Å²) in [5, 5.41) is 0. The molecular weight excluding hydrogens is 513 g/mol. The van der Waals surface area contributed by atoms with Crippen molar-refractivity contribution in [3.8, 4) is 11.1 Å². The summed E-state index contributed by atoms with van der Waals surface area (Å²) in [6.45, 7) is 0. The van der Waals surface area contributed by atoms with E-state index in [4.69, 9.17) is 0 Å². The van der Waals surface area contributed by atoms with E-state index in [9.17, 15) is 17.6 Å². The Labute approximate surface area is 184 Å². The van der Waals surface area contributed by atoms with E-state index in [-0.39, 0.29) is 8.79 Å². The van der Waals surface area contributed by atoms with Crippen LogP contribution in [0.15, 0.2) is 60.7 Å². The van der Waals surface area contributed by atoms with Crippen LogP contribution in [0.2, 0.25) is 0 Å². The molecule has 166 valence electrons. The molecule has 0 aliphatic carbocycles. The van der Waals surface area contributed by atoms with E-state index in [1.165, 1.54) is 48.5 Å². The van der Waals surface area contributed by atoms with Gasteiger partial charge in [0.1, 0.15) is 0 Å². The summed E-state index contributed by atoms with van der Waals surface area (Å²) in [5.74, 6) is -16.6. The zero-order valence-corrected chi connectivity index (χ0v) is 18.4. The SMILES string of the molecule is Fc1c(F)c(F)[c]2c(c1F)-c1c(F)c(F)c(F)c(F)[c]1[Ge]2([c]1ccccc1)[c]1ccccc1. The van der Waals surface area contributed by atoms with Crippen LogP contribution in [0.25, 0.3) is 11.1 Å². The van der Waals surface area contributed by atoms with Gasteiger partial charge in [-0.2, -0.15) is 0 Å². The molecule has 0 N–H and O–H groups in total. The molecule has 4 aromatic carbocycles. The predicted octanol–water partition coefficient (Wildman–Crippen LogP) is 4.16. The number of hydrogen-bond donors (Lipinski definition) is 0. The summed E-state index contributed by atoms with van der Waals surface area (Å²) in [7, 11) is 0. The van der Waals surface area contributed by atoms with Crippen LogP contribution in [-0.2, 0) is 0 Å². The van der Waals surface area contributed by atoms with Gasteiger partial charge in [-0.05, 0) is 0 Å². The van der Waals surface area contributed by atoms with Crippen molar-refractivity contribution in [2.24, 2.45) is 0 Å². The molecule has 0 aromatic heterocycles. The molecule has 0 spiro atoms. The molecule has 4 aromatic rings. The van der Waals surface area contributed by atoms with E-state index < -0.39 is 79.7 Å². The van der Waals surface area contributed by atoms with Gasteiger partial charge < -0.3 is 0 Å². The average Bonchev–Trinajstić information content (AvgIpc) is 3.17. The Morgan fingerprint density at radius 1 is 0.364 bits per heavy atom. The third kappa shape index (κ3) is 2.64. The van der Waals surface area contributed by atoms with Crippen molar-refractivity contribution in [3.05, 3.63) is 107 Å². The Kier molecular flexibility index (Phi) is 4.89. The van der Waals surface area contributed by atoms with Crippen molar-refractivity contribution in [3.63, 3.8) is 0 Å². The molecule has 1 heterocycles. The van der Waals surface area contributed by atoms with Gasteiger partial charge in [0.2, 0.25) is 0 Å². The summed E-state index contributed by atoms with van der Waals surface area (Å²) >= 11 is -5.29. The molecule has 1 aliphatic heterocycles. The Morgan fingerprint density at radius 2 is 0.667 bits per heavy atom. The number of fused-ring (bicyclic) bond motifs is 3. The number of benzene rings is 4. The first-order chi connectivity index (χ1) is 15.7. The molecule has 0 atom stereocenters. The Hall–Kier alpha value is -3.14. The van der Waals surface area contributed by atoms with Crippen LogP contribution >= 0.6 is 0 Å². The molecule has 5 rings (SSSR count). The molecule has 0 fully saturated rings. The zero-order valence-electron chi connectivity index (χ0n) is 16.3. The fraction of sp³-hybridized carbons (Fsp3) is 0. The molecule has 0 nitrogen and oxygen atoms in total. The van der Waals surface area contributed by atoms with E-state index in [2.05, 4.69) is 0 Å². The van der Waals surface area contributed by atoms with Crippen molar-refractivity contribution in [1.29, 1.82) is 0 Å². The molecule has 9 heteroatoms. The van der Waals surface area contributed by atoms with Crippen molar-refractivity contribution < 1.29 is 35.1 Å². The fourth-order valence-electron chi connectivity index (χ4n) is 4.68. The Balaban J connectivity index is 2.16. The standard InChI is InChI=1S/C24H10F8Ge/c25-15-13-14-16(26)18(28)20(30)22(32)24(14)33(11-7-3-1-4-8-11,12-9-5-2-6-10-12)23(13)21(31)19(29)17(15)27/h1-10H. The minimum atomic E-state index is -5.29. The van der Waals surface area contributed by atoms with Crippen molar-refractivity contribution in [2.45, 2.75) is 0 Å². The molecule has 0 bridgehead atoms. The van der Waals surface area contributed by atoms with Crippen LogP contribution in [0.1, 0.15) is 0 Å². The molecule has 0 unspecified atom stereocenters. The van der Waals surface area contributed by atoms with Gasteiger partial charge in [0.25, 0.3) is 0 Å². The van der Waals surface area contributed by atoms with Crippen molar-refractivity contribution in [2.75, 3.05) is 0 Å². The van der Waals surface area contributed by atoms with E-state index in [0.717, 1.165) is 0 Å². The summed E-state index contributed by atoms with van der Waals surface area (Å²) in [6, 6.07) is 14.7. The molecule has 1 aliphatic rings. The summed E-state index contributed by atoms with van der Waals surface area (Å²) < 4.78 is 117. The van der Waals surface area contributed by atoms with Gasteiger partial charge in [0, 0.05) is 0 Å². The number of halogens is 8. The van der Waals surface area contributed by atoms with E-state index in [1.54, 1.807) is 12.1 Å². The molecule has 0 radical (unpaired) electrons. The van der Waals surface area contributed by atoms with Crippen LogP contribution in [-0.4, -0.2) is 13.3 Å². The minimum absolute atomic E-state index is 0.150. The van der Waals surface area contributed by atoms with Gasteiger partial charge >= 0.3 is 184 Å². The van der Waals surface area contributed by atoms with Crippen molar-refractivity contribution >= 4 is 30.8 Å². The molecule has 0 saturated heterocycles. The third-order valence-corrected chi connectivity index (χ3v) is 16.1. The monoisotopic (exact) mass is 524 g/mol. The second kappa shape index (κ2) is 7.44. The van der Waals surface area contributed by atoms with Crippen LogP contribution in [0.3, 0.4) is 0 Å². The van der Waals surface area contributed by atoms with Gasteiger partial charge in [-0.3, -0.25) is 0 Å². The van der Waals surface area contributed by atoms with Crippen molar-refractivity contribution in [1.82, 2.24) is 0 Å². The van der Waals surface area contributed by atoms with E-state index in [1.807, 2.05) is 0 Å². The predicted molar refractivity (Wildman–Crippen MR) is 109 cm³/mol. The van der Waals surface area contributed by atoms with Gasteiger partial charge in [-0.25, -0.2) is 0 Å². The second-order valence-corrected chi connectivity index (χ2v) is 15.2. The second-order valence-electron chi connectivity index (χ2n) is 7.49. The molecular formula is C24H10F8Ge. The van der Waals surface area contributed by atoms with E-state index in [0.29, 0.717) is 0 Å². The summed E-state index contributed by atoms with van der Waals surface area (Å²) in [6.07, 6.45) is 0. The van der Waals surface area contributed by atoms with Crippen LogP contribution in [0.5, 0.6) is 0 Å². The van der Waals surface area contributed by atoms with Gasteiger partial charge in [0.05, 0.1) is 0 Å². The molecule has 0 amide bonds. The first kappa shape index (κ1) is 21.7. The third-order valence-electron chi connectivity index (χ3n) is 5.95. The van der Waals surface area contributed by atoms with Crippen LogP contribution in [0.4, 0.5) is 35.1 Å². The maximum absolute atomic E-state index is 15.5. The van der Waals surface area contributed by atoms with Gasteiger partial charge in [-0.1, -0.05) is 0 Å². The number of hydrogen-bond acceptors (Lipinski definition) is 0. The summed E-state index contributed by atoms with van der Waals surface area (Å²) in [4.78, 5) is 0.